The number of unbranched alkanes of at least 4 members (excludes halogenated alkanes) is 1. The molecule has 0 aromatic heterocycles. The molecular weight excluding hydrogens is 170 g/mol. The predicted octanol–water partition coefficient (Wildman–Crippen LogP) is 0.754. The topological polar surface area (TPSA) is 55.4 Å². The summed E-state index contributed by atoms with van der Waals surface area (Å²) in [6.07, 6.45) is 2.45. The van der Waals surface area contributed by atoms with Crippen LogP contribution in [0.1, 0.15) is 26.7 Å². The number of carbonyl (C=O) groups is 2. The third-order valence-electron chi connectivity index (χ3n) is 1.35. The van der Waals surface area contributed by atoms with E-state index in [1.807, 2.05) is 0 Å². The number of ether oxygens (including phenoxy) is 1. The van der Waals surface area contributed by atoms with Gasteiger partial charge in [0.1, 0.15) is 6.29 Å². The number of nitrogens with one attached hydrogen (secondary N) is 1. The van der Waals surface area contributed by atoms with Gasteiger partial charge in [-0.05, 0) is 6.42 Å². The maximum atomic E-state index is 10.9. The van der Waals surface area contributed by atoms with E-state index >= 15 is 0 Å². The van der Waals surface area contributed by atoms with Gasteiger partial charge in [-0.25, -0.2) is 0 Å². The second-order valence-electron chi connectivity index (χ2n) is 2.40. The molecule has 0 spiro atoms. The molecule has 0 rings (SSSR count). The zero-order chi connectivity index (χ0) is 9.23. The van der Waals surface area contributed by atoms with Gasteiger partial charge >= 0.3 is 0 Å². The van der Waals surface area contributed by atoms with E-state index in [4.69, 9.17) is 4.74 Å². The van der Waals surface area contributed by atoms with Crippen LogP contribution in [-0.4, -0.2) is 32.5 Å². The largest absolute Gasteiger partial charge is 0.384 e. The standard InChI is InChI=1S/C8H15NO3.CH4/c1-12-7-4-8(11)9-5-2-3-6-10;/h6H,2-5,7H2,1H3,(H,9,11);1H4. The van der Waals surface area contributed by atoms with Crippen LogP contribution in [0.4, 0.5) is 0 Å². The average Bonchev–Trinajstić information content (AvgIpc) is 2.09. The van der Waals surface area contributed by atoms with E-state index in [-0.39, 0.29) is 13.3 Å². The zero-order valence-corrected chi connectivity index (χ0v) is 7.34. The van der Waals surface area contributed by atoms with Gasteiger partial charge in [-0.1, -0.05) is 7.43 Å². The van der Waals surface area contributed by atoms with E-state index in [0.29, 0.717) is 32.4 Å². The van der Waals surface area contributed by atoms with Gasteiger partial charge in [-0.15, -0.1) is 0 Å². The normalized spacial score (nSPS) is 8.69. The smallest absolute Gasteiger partial charge is 0.222 e. The lowest BCUT2D eigenvalue weighted by molar-refractivity contribution is -0.122. The molecule has 4 nitrogen and oxygen atoms in total. The maximum Gasteiger partial charge on any atom is 0.222 e. The highest BCUT2D eigenvalue weighted by atomic mass is 16.5. The van der Waals surface area contributed by atoms with Crippen molar-refractivity contribution in [3.63, 3.8) is 0 Å². The minimum Gasteiger partial charge on any atom is -0.384 e. The molecule has 1 N–H and O–H groups in total. The van der Waals surface area contributed by atoms with Crippen molar-refractivity contribution in [3.05, 3.63) is 0 Å². The molecule has 0 heterocycles. The van der Waals surface area contributed by atoms with Crippen LogP contribution in [-0.2, 0) is 14.3 Å². The summed E-state index contributed by atoms with van der Waals surface area (Å²) in [5, 5.41) is 2.67. The summed E-state index contributed by atoms with van der Waals surface area (Å²) in [5.74, 6) is -0.0252. The fraction of sp³-hybridized carbons (Fsp3) is 0.778. The van der Waals surface area contributed by atoms with Gasteiger partial charge < -0.3 is 14.8 Å². The summed E-state index contributed by atoms with van der Waals surface area (Å²) in [7, 11) is 1.56. The van der Waals surface area contributed by atoms with Crippen LogP contribution in [0.25, 0.3) is 0 Å². The first-order valence-electron chi connectivity index (χ1n) is 4.00. The van der Waals surface area contributed by atoms with Crippen LogP contribution in [0.15, 0.2) is 0 Å². The number of carbonyl (C=O) groups excluding carboxylic acids is 2. The Morgan fingerprint density at radius 1 is 1.54 bits per heavy atom. The highest BCUT2D eigenvalue weighted by Crippen LogP contribution is 1.84. The number of amides is 1. The molecule has 0 saturated carbocycles. The van der Waals surface area contributed by atoms with Gasteiger partial charge in [0.05, 0.1) is 6.61 Å². The van der Waals surface area contributed by atoms with Crippen molar-refractivity contribution in [1.82, 2.24) is 5.32 Å². The van der Waals surface area contributed by atoms with Crippen LogP contribution in [0, 0.1) is 0 Å². The number of aldehydes is 1. The summed E-state index contributed by atoms with van der Waals surface area (Å²) in [5.41, 5.74) is 0. The second-order valence-corrected chi connectivity index (χ2v) is 2.40. The molecular formula is C9H19NO3. The Kier molecular flexibility index (Phi) is 12.5. The van der Waals surface area contributed by atoms with E-state index < -0.39 is 0 Å². The number of hydrogen-bond donors (Lipinski definition) is 1. The fourth-order valence-corrected chi connectivity index (χ4v) is 0.696. The second kappa shape index (κ2) is 11.1. The molecule has 0 aliphatic rings. The lowest BCUT2D eigenvalue weighted by atomic mass is 10.3. The van der Waals surface area contributed by atoms with Crippen LogP contribution in [0.2, 0.25) is 0 Å². The van der Waals surface area contributed by atoms with E-state index in [9.17, 15) is 9.59 Å². The lowest BCUT2D eigenvalue weighted by Crippen LogP contribution is -2.25. The van der Waals surface area contributed by atoms with Gasteiger partial charge in [-0.3, -0.25) is 4.79 Å². The molecule has 0 aliphatic heterocycles. The average molecular weight is 189 g/mol. The molecule has 0 unspecified atom stereocenters. The summed E-state index contributed by atoms with van der Waals surface area (Å²) in [6.45, 7) is 1.01. The molecule has 0 fully saturated rings. The molecule has 0 bridgehead atoms. The predicted molar refractivity (Wildman–Crippen MR) is 51.5 cm³/mol. The van der Waals surface area contributed by atoms with Crippen molar-refractivity contribution in [1.29, 1.82) is 0 Å². The quantitative estimate of drug-likeness (QED) is 0.475. The van der Waals surface area contributed by atoms with Gasteiger partial charge in [0.25, 0.3) is 0 Å². The summed E-state index contributed by atoms with van der Waals surface area (Å²) >= 11 is 0. The van der Waals surface area contributed by atoms with Crippen LogP contribution in [0.3, 0.4) is 0 Å². The van der Waals surface area contributed by atoms with E-state index in [0.717, 1.165) is 6.29 Å². The molecule has 0 aromatic carbocycles. The van der Waals surface area contributed by atoms with Crippen molar-refractivity contribution in [2.24, 2.45) is 0 Å². The van der Waals surface area contributed by atoms with Gasteiger partial charge in [-0.2, -0.15) is 0 Å². The van der Waals surface area contributed by atoms with Crippen molar-refractivity contribution < 1.29 is 14.3 Å². The van der Waals surface area contributed by atoms with Crippen molar-refractivity contribution in [2.75, 3.05) is 20.3 Å². The Bertz CT molecular complexity index is 137. The van der Waals surface area contributed by atoms with E-state index in [2.05, 4.69) is 5.32 Å². The first-order chi connectivity index (χ1) is 5.81. The molecule has 13 heavy (non-hydrogen) atoms. The fourth-order valence-electron chi connectivity index (χ4n) is 0.696. The number of hydrogen-bond acceptors (Lipinski definition) is 3. The Labute approximate surface area is 79.7 Å². The highest BCUT2D eigenvalue weighted by Gasteiger charge is 1.98. The third kappa shape index (κ3) is 11.1. The Balaban J connectivity index is 0. The van der Waals surface area contributed by atoms with Gasteiger partial charge in [0.15, 0.2) is 0 Å². The van der Waals surface area contributed by atoms with Crippen LogP contribution >= 0.6 is 0 Å². The Morgan fingerprint density at radius 3 is 2.77 bits per heavy atom. The maximum absolute atomic E-state index is 10.9. The Hall–Kier alpha value is -0.900. The lowest BCUT2D eigenvalue weighted by Gasteiger charge is -2.02. The zero-order valence-electron chi connectivity index (χ0n) is 7.34. The molecule has 1 amide bonds. The minimum atomic E-state index is -0.0252. The minimum absolute atomic E-state index is 0. The van der Waals surface area contributed by atoms with E-state index in [1.165, 1.54) is 0 Å². The van der Waals surface area contributed by atoms with Gasteiger partial charge in [0.2, 0.25) is 5.91 Å². The number of methoxy groups -OCH3 is 1. The SMILES string of the molecule is C.COCCC(=O)NCCCC=O. The molecule has 78 valence electrons. The van der Waals surface area contributed by atoms with Crippen molar-refractivity contribution >= 4 is 12.2 Å². The summed E-state index contributed by atoms with van der Waals surface area (Å²) in [6, 6.07) is 0. The summed E-state index contributed by atoms with van der Waals surface area (Å²) in [4.78, 5) is 20.8. The Morgan fingerprint density at radius 2 is 2.23 bits per heavy atom. The van der Waals surface area contributed by atoms with Gasteiger partial charge in [0, 0.05) is 26.5 Å². The van der Waals surface area contributed by atoms with Crippen molar-refractivity contribution in [3.8, 4) is 0 Å². The molecule has 0 atom stereocenters. The molecule has 0 radical (unpaired) electrons. The molecule has 4 heteroatoms. The highest BCUT2D eigenvalue weighted by molar-refractivity contribution is 5.75. The summed E-state index contributed by atoms with van der Waals surface area (Å²) < 4.78 is 4.72. The number of rotatable bonds is 7. The molecule has 0 aliphatic carbocycles. The first-order valence-corrected chi connectivity index (χ1v) is 4.00. The van der Waals surface area contributed by atoms with Crippen LogP contribution in [0.5, 0.6) is 0 Å². The molecule has 0 saturated heterocycles. The third-order valence-corrected chi connectivity index (χ3v) is 1.35. The van der Waals surface area contributed by atoms with Crippen LogP contribution < -0.4 is 5.32 Å². The van der Waals surface area contributed by atoms with Crippen molar-refractivity contribution in [2.45, 2.75) is 26.7 Å². The van der Waals surface area contributed by atoms with E-state index in [1.54, 1.807) is 7.11 Å². The molecule has 0 aromatic rings. The first kappa shape index (κ1) is 14.6. The monoisotopic (exact) mass is 189 g/mol.